The second kappa shape index (κ2) is 13.0. The predicted octanol–water partition coefficient (Wildman–Crippen LogP) is 4.18. The highest BCUT2D eigenvalue weighted by molar-refractivity contribution is 4.50. The van der Waals surface area contributed by atoms with Gasteiger partial charge in [-0.15, -0.1) is 0 Å². The molecule has 0 saturated heterocycles. The van der Waals surface area contributed by atoms with Crippen LogP contribution >= 0.6 is 0 Å². The summed E-state index contributed by atoms with van der Waals surface area (Å²) in [4.78, 5) is 2.49. The van der Waals surface area contributed by atoms with Gasteiger partial charge in [0.15, 0.2) is 0 Å². The van der Waals surface area contributed by atoms with E-state index in [1.165, 1.54) is 38.9 Å². The zero-order chi connectivity index (χ0) is 11.4. The molecule has 88 valence electrons. The van der Waals surface area contributed by atoms with Crippen LogP contribution < -0.4 is 0 Å². The zero-order valence-electron chi connectivity index (χ0n) is 11.3. The first-order chi connectivity index (χ1) is 6.62. The molecule has 0 spiro atoms. The maximum atomic E-state index is 2.49. The van der Waals surface area contributed by atoms with Crippen molar-refractivity contribution in [1.82, 2.24) is 4.90 Å². The Morgan fingerprint density at radius 2 is 1.21 bits per heavy atom. The highest BCUT2D eigenvalue weighted by Crippen LogP contribution is 1.94. The van der Waals surface area contributed by atoms with Gasteiger partial charge < -0.3 is 4.90 Å². The van der Waals surface area contributed by atoms with Crippen molar-refractivity contribution < 1.29 is 0 Å². The fraction of sp³-hybridized carbons (Fsp3) is 1.00. The number of rotatable bonds is 6. The van der Waals surface area contributed by atoms with Gasteiger partial charge in [-0.2, -0.15) is 0 Å². The first-order valence-electron chi connectivity index (χ1n) is 6.34. The molecule has 0 aromatic heterocycles. The van der Waals surface area contributed by atoms with Crippen molar-refractivity contribution in [2.24, 2.45) is 5.92 Å². The molecular weight excluding hydrogens is 170 g/mol. The summed E-state index contributed by atoms with van der Waals surface area (Å²) in [5.74, 6) is 0.884. The molecule has 0 heterocycles. The molecule has 0 rings (SSSR count). The van der Waals surface area contributed by atoms with E-state index in [0.29, 0.717) is 0 Å². The van der Waals surface area contributed by atoms with E-state index in [1.54, 1.807) is 0 Å². The molecule has 0 fully saturated rings. The molecule has 0 aromatic rings. The van der Waals surface area contributed by atoms with Gasteiger partial charge in [0, 0.05) is 0 Å². The molecule has 0 N–H and O–H groups in total. The predicted molar refractivity (Wildman–Crippen MR) is 67.8 cm³/mol. The van der Waals surface area contributed by atoms with Gasteiger partial charge in [0.2, 0.25) is 0 Å². The monoisotopic (exact) mass is 201 g/mol. The molecule has 0 atom stereocenters. The highest BCUT2D eigenvalue weighted by atomic mass is 15.1. The SMILES string of the molecule is CCC(C)C.CCCN(CC)CCC. The molecule has 1 heteroatoms. The van der Waals surface area contributed by atoms with Gasteiger partial charge in [-0.25, -0.2) is 0 Å². The summed E-state index contributed by atoms with van der Waals surface area (Å²) in [6, 6.07) is 0. The van der Waals surface area contributed by atoms with E-state index in [1.807, 2.05) is 0 Å². The lowest BCUT2D eigenvalue weighted by Crippen LogP contribution is -2.24. The van der Waals surface area contributed by atoms with Gasteiger partial charge in [0.25, 0.3) is 0 Å². The molecule has 0 radical (unpaired) electrons. The summed E-state index contributed by atoms with van der Waals surface area (Å²) >= 11 is 0. The van der Waals surface area contributed by atoms with Gasteiger partial charge >= 0.3 is 0 Å². The van der Waals surface area contributed by atoms with E-state index < -0.39 is 0 Å². The van der Waals surface area contributed by atoms with Gasteiger partial charge in [0.05, 0.1) is 0 Å². The maximum absolute atomic E-state index is 2.49. The summed E-state index contributed by atoms with van der Waals surface area (Å²) < 4.78 is 0. The molecule has 0 saturated carbocycles. The van der Waals surface area contributed by atoms with Crippen molar-refractivity contribution in [2.75, 3.05) is 19.6 Å². The third kappa shape index (κ3) is 14.5. The second-order valence-electron chi connectivity index (χ2n) is 4.24. The Hall–Kier alpha value is -0.0400. The van der Waals surface area contributed by atoms with Crippen molar-refractivity contribution >= 4 is 0 Å². The molecule has 0 aliphatic heterocycles. The van der Waals surface area contributed by atoms with Gasteiger partial charge in [-0.1, -0.05) is 48.0 Å². The molecule has 14 heavy (non-hydrogen) atoms. The normalized spacial score (nSPS) is 10.3. The van der Waals surface area contributed by atoms with Crippen LogP contribution in [0.15, 0.2) is 0 Å². The van der Waals surface area contributed by atoms with Crippen LogP contribution in [0.2, 0.25) is 0 Å². The minimum absolute atomic E-state index is 0.884. The third-order valence-electron chi connectivity index (χ3n) is 2.34. The fourth-order valence-electron chi connectivity index (χ4n) is 1.06. The van der Waals surface area contributed by atoms with E-state index >= 15 is 0 Å². The third-order valence-corrected chi connectivity index (χ3v) is 2.34. The van der Waals surface area contributed by atoms with Crippen molar-refractivity contribution in [3.63, 3.8) is 0 Å². The first-order valence-corrected chi connectivity index (χ1v) is 6.34. The van der Waals surface area contributed by atoms with Crippen LogP contribution in [0.3, 0.4) is 0 Å². The van der Waals surface area contributed by atoms with Crippen LogP contribution in [0.5, 0.6) is 0 Å². The first kappa shape index (κ1) is 16.4. The Morgan fingerprint density at radius 3 is 1.36 bits per heavy atom. The maximum Gasteiger partial charge on any atom is -0.00215 e. The summed E-state index contributed by atoms with van der Waals surface area (Å²) in [5, 5.41) is 0. The van der Waals surface area contributed by atoms with Gasteiger partial charge in [0.1, 0.15) is 0 Å². The summed E-state index contributed by atoms with van der Waals surface area (Å²) in [6.45, 7) is 17.1. The van der Waals surface area contributed by atoms with E-state index in [2.05, 4.69) is 46.4 Å². The smallest absolute Gasteiger partial charge is 0.00215 e. The lowest BCUT2D eigenvalue weighted by atomic mass is 10.2. The lowest BCUT2D eigenvalue weighted by molar-refractivity contribution is 0.289. The summed E-state index contributed by atoms with van der Waals surface area (Å²) in [7, 11) is 0. The summed E-state index contributed by atoms with van der Waals surface area (Å²) in [6.07, 6.45) is 3.88. The molecule has 0 aromatic carbocycles. The highest BCUT2D eigenvalue weighted by Gasteiger charge is 1.95. The number of nitrogens with zero attached hydrogens (tertiary/aromatic N) is 1. The topological polar surface area (TPSA) is 3.24 Å². The fourth-order valence-corrected chi connectivity index (χ4v) is 1.06. The molecule has 0 aliphatic rings. The van der Waals surface area contributed by atoms with Crippen LogP contribution in [0.4, 0.5) is 0 Å². The quantitative estimate of drug-likeness (QED) is 0.623. The standard InChI is InChI=1S/C8H19N.C5H12/c1-4-7-9(6-3)8-5-2;1-4-5(2)3/h4-8H2,1-3H3;5H,4H2,1-3H3. The largest absolute Gasteiger partial charge is 0.304 e. The van der Waals surface area contributed by atoms with Crippen LogP contribution in [0.1, 0.15) is 60.8 Å². The van der Waals surface area contributed by atoms with Crippen LogP contribution in [-0.2, 0) is 0 Å². The van der Waals surface area contributed by atoms with Crippen molar-refractivity contribution in [3.05, 3.63) is 0 Å². The molecular formula is C13H31N. The number of hydrogen-bond acceptors (Lipinski definition) is 1. The average Bonchev–Trinajstić information content (AvgIpc) is 2.18. The minimum atomic E-state index is 0.884. The molecule has 0 unspecified atom stereocenters. The summed E-state index contributed by atoms with van der Waals surface area (Å²) in [5.41, 5.74) is 0. The molecule has 0 aliphatic carbocycles. The molecule has 0 amide bonds. The van der Waals surface area contributed by atoms with Crippen LogP contribution in [-0.4, -0.2) is 24.5 Å². The lowest BCUT2D eigenvalue weighted by Gasteiger charge is -2.17. The zero-order valence-corrected chi connectivity index (χ0v) is 11.3. The Labute approximate surface area is 91.9 Å². The number of hydrogen-bond donors (Lipinski definition) is 0. The van der Waals surface area contributed by atoms with E-state index in [0.717, 1.165) is 5.92 Å². The molecule has 0 bridgehead atoms. The second-order valence-corrected chi connectivity index (χ2v) is 4.24. The molecule has 1 nitrogen and oxygen atoms in total. The van der Waals surface area contributed by atoms with Crippen molar-refractivity contribution in [3.8, 4) is 0 Å². The Bertz CT molecular complexity index is 83.2. The Balaban J connectivity index is 0. The van der Waals surface area contributed by atoms with E-state index in [9.17, 15) is 0 Å². The average molecular weight is 201 g/mol. The Kier molecular flexibility index (Phi) is 15.2. The van der Waals surface area contributed by atoms with Gasteiger partial charge in [-0.3, -0.25) is 0 Å². The van der Waals surface area contributed by atoms with Crippen molar-refractivity contribution in [1.29, 1.82) is 0 Å². The van der Waals surface area contributed by atoms with E-state index in [4.69, 9.17) is 0 Å². The van der Waals surface area contributed by atoms with Crippen LogP contribution in [0.25, 0.3) is 0 Å². The minimum Gasteiger partial charge on any atom is -0.304 e. The van der Waals surface area contributed by atoms with Gasteiger partial charge in [-0.05, 0) is 38.4 Å². The van der Waals surface area contributed by atoms with Crippen LogP contribution in [0, 0.1) is 5.92 Å². The van der Waals surface area contributed by atoms with E-state index in [-0.39, 0.29) is 0 Å². The Morgan fingerprint density at radius 1 is 0.857 bits per heavy atom. The van der Waals surface area contributed by atoms with Crippen molar-refractivity contribution in [2.45, 2.75) is 60.8 Å².